The zero-order valence-corrected chi connectivity index (χ0v) is 11.7. The Balaban J connectivity index is 1.80. The maximum absolute atomic E-state index is 11.8. The number of amides is 2. The zero-order chi connectivity index (χ0) is 14.6. The van der Waals surface area contributed by atoms with Crippen LogP contribution in [-0.4, -0.2) is 35.0 Å². The van der Waals surface area contributed by atoms with Crippen LogP contribution in [0.3, 0.4) is 0 Å². The van der Waals surface area contributed by atoms with E-state index in [1.165, 1.54) is 11.3 Å². The van der Waals surface area contributed by atoms with E-state index in [2.05, 4.69) is 10.6 Å². The van der Waals surface area contributed by atoms with Crippen LogP contribution in [0, 0.1) is 0 Å². The highest BCUT2D eigenvalue weighted by Gasteiger charge is 2.40. The first-order valence-electron chi connectivity index (χ1n) is 6.35. The topological polar surface area (TPSA) is 95.5 Å². The van der Waals surface area contributed by atoms with Gasteiger partial charge in [-0.25, -0.2) is 0 Å². The normalized spacial score (nSPS) is 16.0. The molecule has 2 rings (SSSR count). The number of hydrogen-bond acceptors (Lipinski definition) is 4. The Labute approximate surface area is 120 Å². The largest absolute Gasteiger partial charge is 0.481 e. The van der Waals surface area contributed by atoms with Crippen molar-refractivity contribution in [1.82, 2.24) is 10.6 Å². The van der Waals surface area contributed by atoms with Crippen molar-refractivity contribution in [3.8, 4) is 0 Å². The summed E-state index contributed by atoms with van der Waals surface area (Å²) in [5.41, 5.74) is -0.628. The Bertz CT molecular complexity index is 508. The van der Waals surface area contributed by atoms with Crippen LogP contribution in [0.5, 0.6) is 0 Å². The van der Waals surface area contributed by atoms with Gasteiger partial charge in [0, 0.05) is 0 Å². The number of rotatable bonds is 6. The predicted molar refractivity (Wildman–Crippen MR) is 73.6 cm³/mol. The van der Waals surface area contributed by atoms with E-state index in [4.69, 9.17) is 5.11 Å². The van der Waals surface area contributed by atoms with Gasteiger partial charge in [0.05, 0.1) is 23.4 Å². The van der Waals surface area contributed by atoms with Crippen LogP contribution in [0.25, 0.3) is 0 Å². The summed E-state index contributed by atoms with van der Waals surface area (Å²) in [5, 5.41) is 15.9. The van der Waals surface area contributed by atoms with Crippen molar-refractivity contribution in [2.24, 2.45) is 0 Å². The highest BCUT2D eigenvalue weighted by atomic mass is 32.1. The summed E-state index contributed by atoms with van der Waals surface area (Å²) in [6.07, 6.45) is 2.18. The molecule has 7 heteroatoms. The molecule has 1 fully saturated rings. The van der Waals surface area contributed by atoms with Crippen LogP contribution in [-0.2, 0) is 9.59 Å². The minimum atomic E-state index is -0.923. The second-order valence-corrected chi connectivity index (χ2v) is 5.86. The number of carbonyl (C=O) groups excluding carboxylic acids is 2. The molecule has 1 aromatic heterocycles. The summed E-state index contributed by atoms with van der Waals surface area (Å²) in [6, 6.07) is 3.44. The second kappa shape index (κ2) is 6.04. The van der Waals surface area contributed by atoms with Gasteiger partial charge in [-0.1, -0.05) is 6.07 Å². The fourth-order valence-corrected chi connectivity index (χ4v) is 2.87. The quantitative estimate of drug-likeness (QED) is 0.729. The molecule has 2 amide bonds. The van der Waals surface area contributed by atoms with Crippen molar-refractivity contribution < 1.29 is 19.5 Å². The number of thiophene rings is 1. The number of hydrogen-bond donors (Lipinski definition) is 3. The van der Waals surface area contributed by atoms with Crippen molar-refractivity contribution in [2.45, 2.75) is 31.2 Å². The third-order valence-electron chi connectivity index (χ3n) is 3.36. The van der Waals surface area contributed by atoms with Crippen molar-refractivity contribution in [2.75, 3.05) is 6.54 Å². The summed E-state index contributed by atoms with van der Waals surface area (Å²) < 4.78 is 0. The summed E-state index contributed by atoms with van der Waals surface area (Å²) in [4.78, 5) is 34.8. The molecule has 0 spiro atoms. The van der Waals surface area contributed by atoms with Gasteiger partial charge in [0.15, 0.2) is 0 Å². The molecule has 20 heavy (non-hydrogen) atoms. The number of carboxylic acids is 1. The fraction of sp³-hybridized carbons (Fsp3) is 0.462. The van der Waals surface area contributed by atoms with Crippen molar-refractivity contribution in [3.63, 3.8) is 0 Å². The maximum Gasteiger partial charge on any atom is 0.305 e. The molecular formula is C13H16N2O4S. The number of aliphatic carboxylic acids is 1. The van der Waals surface area contributed by atoms with E-state index in [0.29, 0.717) is 17.7 Å². The molecule has 1 saturated carbocycles. The van der Waals surface area contributed by atoms with E-state index in [1.54, 1.807) is 17.5 Å². The van der Waals surface area contributed by atoms with Crippen molar-refractivity contribution in [1.29, 1.82) is 0 Å². The van der Waals surface area contributed by atoms with Gasteiger partial charge in [-0.2, -0.15) is 0 Å². The zero-order valence-electron chi connectivity index (χ0n) is 10.8. The standard InChI is InChI=1S/C13H16N2O4S/c16-10(8-14-12(19)9-3-1-6-20-9)15-13(4-2-5-13)7-11(17)18/h1,3,6H,2,4-5,7-8H2,(H,14,19)(H,15,16)(H,17,18). The Morgan fingerprint density at radius 1 is 1.35 bits per heavy atom. The predicted octanol–water partition coefficient (Wildman–Crippen LogP) is 0.991. The molecule has 1 heterocycles. The van der Waals surface area contributed by atoms with Gasteiger partial charge < -0.3 is 15.7 Å². The molecule has 0 saturated heterocycles. The minimum absolute atomic E-state index is 0.0718. The van der Waals surface area contributed by atoms with Gasteiger partial charge in [0.25, 0.3) is 5.91 Å². The Morgan fingerprint density at radius 2 is 2.10 bits per heavy atom. The van der Waals surface area contributed by atoms with Gasteiger partial charge in [-0.05, 0) is 30.7 Å². The Hall–Kier alpha value is -1.89. The smallest absolute Gasteiger partial charge is 0.305 e. The van der Waals surface area contributed by atoms with E-state index in [0.717, 1.165) is 6.42 Å². The molecule has 0 aliphatic heterocycles. The molecule has 0 unspecified atom stereocenters. The van der Waals surface area contributed by atoms with E-state index in [1.807, 2.05) is 0 Å². The third-order valence-corrected chi connectivity index (χ3v) is 4.23. The van der Waals surface area contributed by atoms with Gasteiger partial charge in [-0.15, -0.1) is 11.3 Å². The lowest BCUT2D eigenvalue weighted by molar-refractivity contribution is -0.140. The molecule has 1 aromatic rings. The highest BCUT2D eigenvalue weighted by Crippen LogP contribution is 2.34. The minimum Gasteiger partial charge on any atom is -0.481 e. The SMILES string of the molecule is O=C(O)CC1(NC(=O)CNC(=O)c2cccs2)CCC1. The van der Waals surface area contributed by atoms with Gasteiger partial charge in [0.2, 0.25) is 5.91 Å². The van der Waals surface area contributed by atoms with Gasteiger partial charge >= 0.3 is 5.97 Å². The first-order valence-corrected chi connectivity index (χ1v) is 7.23. The van der Waals surface area contributed by atoms with Crippen molar-refractivity contribution >= 4 is 29.1 Å². The molecule has 0 aromatic carbocycles. The molecule has 0 bridgehead atoms. The molecule has 108 valence electrons. The first kappa shape index (κ1) is 14.5. The monoisotopic (exact) mass is 296 g/mol. The van der Waals surface area contributed by atoms with E-state index >= 15 is 0 Å². The summed E-state index contributed by atoms with van der Waals surface area (Å²) in [5.74, 6) is -1.57. The molecule has 0 radical (unpaired) electrons. The van der Waals surface area contributed by atoms with Crippen LogP contribution in [0.2, 0.25) is 0 Å². The van der Waals surface area contributed by atoms with E-state index in [9.17, 15) is 14.4 Å². The molecule has 1 aliphatic rings. The van der Waals surface area contributed by atoms with Gasteiger partial charge in [0.1, 0.15) is 0 Å². The highest BCUT2D eigenvalue weighted by molar-refractivity contribution is 7.12. The molecule has 0 atom stereocenters. The number of carboxylic acid groups (broad SMARTS) is 1. The van der Waals surface area contributed by atoms with Crippen LogP contribution < -0.4 is 10.6 Å². The van der Waals surface area contributed by atoms with E-state index < -0.39 is 11.5 Å². The average molecular weight is 296 g/mol. The van der Waals surface area contributed by atoms with Gasteiger partial charge in [-0.3, -0.25) is 14.4 Å². The fourth-order valence-electron chi connectivity index (χ4n) is 2.23. The lowest BCUT2D eigenvalue weighted by atomic mass is 9.74. The van der Waals surface area contributed by atoms with E-state index in [-0.39, 0.29) is 24.8 Å². The van der Waals surface area contributed by atoms with Crippen LogP contribution in [0.4, 0.5) is 0 Å². The lowest BCUT2D eigenvalue weighted by Gasteiger charge is -2.41. The molecule has 1 aliphatic carbocycles. The van der Waals surface area contributed by atoms with Crippen molar-refractivity contribution in [3.05, 3.63) is 22.4 Å². The molecular weight excluding hydrogens is 280 g/mol. The van der Waals surface area contributed by atoms with Crippen LogP contribution in [0.15, 0.2) is 17.5 Å². The number of carbonyl (C=O) groups is 3. The number of nitrogens with one attached hydrogen (secondary N) is 2. The third kappa shape index (κ3) is 3.57. The maximum atomic E-state index is 11.8. The van der Waals surface area contributed by atoms with Crippen LogP contribution in [0.1, 0.15) is 35.4 Å². The average Bonchev–Trinajstić information content (AvgIpc) is 2.86. The second-order valence-electron chi connectivity index (χ2n) is 4.91. The summed E-state index contributed by atoms with van der Waals surface area (Å²) >= 11 is 1.30. The summed E-state index contributed by atoms with van der Waals surface area (Å²) in [6.45, 7) is -0.141. The lowest BCUT2D eigenvalue weighted by Crippen LogP contribution is -2.56. The Morgan fingerprint density at radius 3 is 2.60 bits per heavy atom. The first-order chi connectivity index (χ1) is 9.51. The summed E-state index contributed by atoms with van der Waals surface area (Å²) in [7, 11) is 0. The molecule has 3 N–H and O–H groups in total. The Kier molecular flexibility index (Phi) is 4.39. The molecule has 6 nitrogen and oxygen atoms in total. The van der Waals surface area contributed by atoms with Crippen LogP contribution >= 0.6 is 11.3 Å².